The lowest BCUT2D eigenvalue weighted by molar-refractivity contribution is -0.123. The molecule has 0 saturated heterocycles. The number of amides is 2. The molecule has 2 aliphatic heterocycles. The van der Waals surface area contributed by atoms with E-state index < -0.39 is 6.04 Å². The summed E-state index contributed by atoms with van der Waals surface area (Å²) in [5, 5.41) is 6.09. The number of methoxy groups -OCH3 is 1. The van der Waals surface area contributed by atoms with Crippen molar-refractivity contribution in [3.05, 3.63) is 40.6 Å². The summed E-state index contributed by atoms with van der Waals surface area (Å²) >= 11 is 0. The maximum atomic E-state index is 12.7. The SMILES string of the molecule is CCN1Cc2nc(OC)c(CNC(=O)C3NCCc4[nH]cnc43)cc2C1=O. The topological polar surface area (TPSA) is 112 Å². The molecule has 2 aromatic heterocycles. The Morgan fingerprint density at radius 2 is 2.33 bits per heavy atom. The van der Waals surface area contributed by atoms with Crippen molar-refractivity contribution in [3.8, 4) is 5.88 Å². The summed E-state index contributed by atoms with van der Waals surface area (Å²) in [5.74, 6) is 0.217. The number of imidazole rings is 1. The van der Waals surface area contributed by atoms with Gasteiger partial charge >= 0.3 is 0 Å². The molecule has 9 nitrogen and oxygen atoms in total. The third-order valence-corrected chi connectivity index (χ3v) is 5.04. The zero-order chi connectivity index (χ0) is 19.0. The van der Waals surface area contributed by atoms with Crippen molar-refractivity contribution in [1.29, 1.82) is 0 Å². The summed E-state index contributed by atoms with van der Waals surface area (Å²) in [5.41, 5.74) is 3.67. The number of carbonyl (C=O) groups is 2. The Morgan fingerprint density at radius 1 is 1.48 bits per heavy atom. The van der Waals surface area contributed by atoms with Crippen LogP contribution in [-0.2, 0) is 24.3 Å². The summed E-state index contributed by atoms with van der Waals surface area (Å²) in [6.45, 7) is 3.98. The number of nitrogens with one attached hydrogen (secondary N) is 3. The van der Waals surface area contributed by atoms with Crippen molar-refractivity contribution in [1.82, 2.24) is 30.5 Å². The van der Waals surface area contributed by atoms with Gasteiger partial charge in [0.25, 0.3) is 5.91 Å². The van der Waals surface area contributed by atoms with E-state index in [-0.39, 0.29) is 18.4 Å². The molecular formula is C18H22N6O3. The van der Waals surface area contributed by atoms with Crippen LogP contribution in [0.5, 0.6) is 5.88 Å². The summed E-state index contributed by atoms with van der Waals surface area (Å²) in [7, 11) is 1.53. The van der Waals surface area contributed by atoms with E-state index in [0.717, 1.165) is 17.8 Å². The Kier molecular flexibility index (Phi) is 4.53. The first kappa shape index (κ1) is 17.5. The molecule has 0 saturated carbocycles. The van der Waals surface area contributed by atoms with E-state index in [9.17, 15) is 9.59 Å². The predicted octanol–water partition coefficient (Wildman–Crippen LogP) is 0.292. The van der Waals surface area contributed by atoms with Crippen LogP contribution in [0, 0.1) is 0 Å². The van der Waals surface area contributed by atoms with E-state index in [0.29, 0.717) is 42.3 Å². The van der Waals surface area contributed by atoms with Crippen LogP contribution in [0.4, 0.5) is 0 Å². The van der Waals surface area contributed by atoms with Crippen LogP contribution >= 0.6 is 0 Å². The van der Waals surface area contributed by atoms with Crippen molar-refractivity contribution in [3.63, 3.8) is 0 Å². The molecule has 27 heavy (non-hydrogen) atoms. The number of carbonyl (C=O) groups excluding carboxylic acids is 2. The number of rotatable bonds is 5. The van der Waals surface area contributed by atoms with E-state index in [1.807, 2.05) is 6.92 Å². The molecule has 0 aliphatic carbocycles. The summed E-state index contributed by atoms with van der Waals surface area (Å²) in [6, 6.07) is 1.28. The average Bonchev–Trinajstić information content (AvgIpc) is 3.29. The molecule has 0 radical (unpaired) electrons. The van der Waals surface area contributed by atoms with Crippen LogP contribution < -0.4 is 15.4 Å². The van der Waals surface area contributed by atoms with Gasteiger partial charge in [0.2, 0.25) is 11.8 Å². The first-order chi connectivity index (χ1) is 13.1. The molecule has 0 aromatic carbocycles. The predicted molar refractivity (Wildman–Crippen MR) is 96.1 cm³/mol. The maximum absolute atomic E-state index is 12.7. The fourth-order valence-corrected chi connectivity index (χ4v) is 3.58. The minimum absolute atomic E-state index is 0.0367. The van der Waals surface area contributed by atoms with Crippen molar-refractivity contribution in [2.45, 2.75) is 32.5 Å². The summed E-state index contributed by atoms with van der Waals surface area (Å²) in [6.07, 6.45) is 2.42. The highest BCUT2D eigenvalue weighted by molar-refractivity contribution is 5.98. The van der Waals surface area contributed by atoms with Crippen LogP contribution in [0.3, 0.4) is 0 Å². The molecule has 1 atom stereocenters. The van der Waals surface area contributed by atoms with Crippen LogP contribution in [0.25, 0.3) is 0 Å². The van der Waals surface area contributed by atoms with Gasteiger partial charge in [-0.3, -0.25) is 9.59 Å². The number of aromatic nitrogens is 3. The van der Waals surface area contributed by atoms with Gasteiger partial charge in [0.15, 0.2) is 0 Å². The van der Waals surface area contributed by atoms with Gasteiger partial charge in [-0.05, 0) is 13.0 Å². The van der Waals surface area contributed by atoms with Gasteiger partial charge in [-0.15, -0.1) is 0 Å². The standard InChI is InChI=1S/C18H22N6O3/c1-3-24-8-13-11(18(24)26)6-10(17(23-13)27-2)7-20-16(25)15-14-12(4-5-19-15)21-9-22-14/h6,9,15,19H,3-5,7-8H2,1-2H3,(H,20,25)(H,21,22). The monoisotopic (exact) mass is 370 g/mol. The number of nitrogens with zero attached hydrogens (tertiary/aromatic N) is 3. The smallest absolute Gasteiger partial charge is 0.256 e. The van der Waals surface area contributed by atoms with Gasteiger partial charge in [0.1, 0.15) is 6.04 Å². The molecule has 2 aliphatic rings. The molecule has 0 bridgehead atoms. The Morgan fingerprint density at radius 3 is 3.11 bits per heavy atom. The first-order valence-electron chi connectivity index (χ1n) is 9.01. The molecule has 1 unspecified atom stereocenters. The minimum atomic E-state index is -0.495. The van der Waals surface area contributed by atoms with Crippen LogP contribution in [0.1, 0.15) is 46.0 Å². The minimum Gasteiger partial charge on any atom is -0.481 e. The quantitative estimate of drug-likeness (QED) is 0.698. The Balaban J connectivity index is 1.52. The van der Waals surface area contributed by atoms with Gasteiger partial charge < -0.3 is 25.3 Å². The third kappa shape index (κ3) is 3.03. The Labute approximate surface area is 156 Å². The summed E-state index contributed by atoms with van der Waals surface area (Å²) < 4.78 is 5.37. The van der Waals surface area contributed by atoms with Gasteiger partial charge in [-0.1, -0.05) is 0 Å². The first-order valence-corrected chi connectivity index (χ1v) is 9.01. The van der Waals surface area contributed by atoms with Gasteiger partial charge in [0, 0.05) is 37.3 Å². The van der Waals surface area contributed by atoms with E-state index in [4.69, 9.17) is 4.74 Å². The molecule has 4 rings (SSSR count). The van der Waals surface area contributed by atoms with Crippen LogP contribution in [-0.4, -0.2) is 51.9 Å². The Hall–Kier alpha value is -2.94. The van der Waals surface area contributed by atoms with Crippen molar-refractivity contribution < 1.29 is 14.3 Å². The lowest BCUT2D eigenvalue weighted by Gasteiger charge is -2.22. The maximum Gasteiger partial charge on any atom is 0.256 e. The van der Waals surface area contributed by atoms with Gasteiger partial charge in [-0.25, -0.2) is 9.97 Å². The Bertz CT molecular complexity index is 893. The number of ether oxygens (including phenoxy) is 1. The molecule has 9 heteroatoms. The average molecular weight is 370 g/mol. The fourth-order valence-electron chi connectivity index (χ4n) is 3.58. The highest BCUT2D eigenvalue weighted by Gasteiger charge is 2.31. The molecular weight excluding hydrogens is 348 g/mol. The zero-order valence-electron chi connectivity index (χ0n) is 15.3. The summed E-state index contributed by atoms with van der Waals surface area (Å²) in [4.78, 5) is 38.6. The lowest BCUT2D eigenvalue weighted by Crippen LogP contribution is -2.41. The molecule has 4 heterocycles. The number of aromatic amines is 1. The molecule has 3 N–H and O–H groups in total. The molecule has 142 valence electrons. The van der Waals surface area contributed by atoms with Crippen molar-refractivity contribution >= 4 is 11.8 Å². The van der Waals surface area contributed by atoms with Gasteiger partial charge in [0.05, 0.1) is 36.9 Å². The number of hydrogen-bond acceptors (Lipinski definition) is 6. The fraction of sp³-hybridized carbons (Fsp3) is 0.444. The number of fused-ring (bicyclic) bond motifs is 2. The second-order valence-corrected chi connectivity index (χ2v) is 6.59. The molecule has 2 aromatic rings. The molecule has 0 spiro atoms. The van der Waals surface area contributed by atoms with Crippen LogP contribution in [0.2, 0.25) is 0 Å². The van der Waals surface area contributed by atoms with E-state index in [1.165, 1.54) is 7.11 Å². The van der Waals surface area contributed by atoms with Crippen molar-refractivity contribution in [2.24, 2.45) is 0 Å². The number of pyridine rings is 1. The zero-order valence-corrected chi connectivity index (χ0v) is 15.3. The van der Waals surface area contributed by atoms with Crippen LogP contribution in [0.15, 0.2) is 12.4 Å². The van der Waals surface area contributed by atoms with E-state index >= 15 is 0 Å². The second-order valence-electron chi connectivity index (χ2n) is 6.59. The molecule has 2 amide bonds. The lowest BCUT2D eigenvalue weighted by atomic mass is 10.0. The third-order valence-electron chi connectivity index (χ3n) is 5.04. The normalized spacial score (nSPS) is 18.2. The van der Waals surface area contributed by atoms with Crippen molar-refractivity contribution in [2.75, 3.05) is 20.2 Å². The number of H-pyrrole nitrogens is 1. The second kappa shape index (κ2) is 6.99. The highest BCUT2D eigenvalue weighted by Crippen LogP contribution is 2.27. The largest absolute Gasteiger partial charge is 0.481 e. The molecule has 0 fully saturated rings. The van der Waals surface area contributed by atoms with E-state index in [2.05, 4.69) is 25.6 Å². The highest BCUT2D eigenvalue weighted by atomic mass is 16.5. The van der Waals surface area contributed by atoms with Gasteiger partial charge in [-0.2, -0.15) is 0 Å². The number of hydrogen-bond donors (Lipinski definition) is 3. The van der Waals surface area contributed by atoms with E-state index in [1.54, 1.807) is 17.3 Å².